The molecule has 0 fully saturated rings. The third kappa shape index (κ3) is 3.70. The molecular weight excluding hydrogens is 308 g/mol. The van der Waals surface area contributed by atoms with E-state index >= 15 is 0 Å². The number of aromatic amines is 1. The van der Waals surface area contributed by atoms with Crippen LogP contribution in [-0.4, -0.2) is 45.5 Å². The highest BCUT2D eigenvalue weighted by Gasteiger charge is 2.15. The third-order valence-electron chi connectivity index (χ3n) is 3.76. The molecule has 8 heteroatoms. The number of hydrogen-bond acceptors (Lipinski definition) is 6. The summed E-state index contributed by atoms with van der Waals surface area (Å²) in [4.78, 5) is 29.4. The molecule has 0 aliphatic rings. The average molecular weight is 328 g/mol. The highest BCUT2D eigenvalue weighted by atomic mass is 16.3. The van der Waals surface area contributed by atoms with E-state index in [1.807, 2.05) is 26.1 Å². The van der Waals surface area contributed by atoms with Crippen LogP contribution in [0.5, 0.6) is 0 Å². The Morgan fingerprint density at radius 1 is 1.42 bits per heavy atom. The van der Waals surface area contributed by atoms with Crippen LogP contribution in [0.2, 0.25) is 0 Å². The zero-order chi connectivity index (χ0) is 16.9. The molecule has 0 spiro atoms. The van der Waals surface area contributed by atoms with Crippen molar-refractivity contribution in [2.45, 2.75) is 25.8 Å². The van der Waals surface area contributed by atoms with E-state index in [4.69, 9.17) is 4.42 Å². The molecule has 0 aliphatic heterocycles. The molecular formula is C16H20N6O2. The van der Waals surface area contributed by atoms with Crippen molar-refractivity contribution in [2.24, 2.45) is 0 Å². The molecule has 0 saturated heterocycles. The molecule has 8 nitrogen and oxygen atoms in total. The monoisotopic (exact) mass is 328 g/mol. The lowest BCUT2D eigenvalue weighted by molar-refractivity contribution is -0.120. The van der Waals surface area contributed by atoms with Crippen molar-refractivity contribution in [1.82, 2.24) is 25.3 Å². The fourth-order valence-electron chi connectivity index (χ4n) is 2.54. The Hall–Kier alpha value is -2.90. The normalized spacial score (nSPS) is 12.2. The molecule has 0 bridgehead atoms. The highest BCUT2D eigenvalue weighted by molar-refractivity contribution is 5.87. The first-order valence-corrected chi connectivity index (χ1v) is 7.80. The Bertz CT molecular complexity index is 798. The van der Waals surface area contributed by atoms with Gasteiger partial charge in [-0.3, -0.25) is 4.79 Å². The molecule has 0 radical (unpaired) electrons. The minimum atomic E-state index is -0.0595. The number of imidazole rings is 1. The van der Waals surface area contributed by atoms with Gasteiger partial charge in [-0.1, -0.05) is 0 Å². The van der Waals surface area contributed by atoms with Gasteiger partial charge in [0.05, 0.1) is 19.1 Å². The highest BCUT2D eigenvalue weighted by Crippen LogP contribution is 2.17. The molecule has 126 valence electrons. The van der Waals surface area contributed by atoms with Crippen LogP contribution >= 0.6 is 0 Å². The predicted octanol–water partition coefficient (Wildman–Crippen LogP) is 1.52. The standard InChI is InChI=1S/C16H20N6O2/c1-11(5-6-12-4-3-7-24-12)21-13(23)8-22(2)16-14-15(18-9-17-14)19-10-20-16/h3-4,7,9-11H,5-6,8H2,1-2H3,(H,21,23)(H,17,18,19,20)/t11-/m0/s1. The first-order valence-electron chi connectivity index (χ1n) is 7.80. The first-order chi connectivity index (χ1) is 11.6. The van der Waals surface area contributed by atoms with Crippen molar-refractivity contribution in [1.29, 1.82) is 0 Å². The van der Waals surface area contributed by atoms with E-state index < -0.39 is 0 Å². The van der Waals surface area contributed by atoms with Crippen molar-refractivity contribution in [3.63, 3.8) is 0 Å². The van der Waals surface area contributed by atoms with Gasteiger partial charge in [-0.2, -0.15) is 0 Å². The molecule has 1 atom stereocenters. The smallest absolute Gasteiger partial charge is 0.239 e. The average Bonchev–Trinajstić information content (AvgIpc) is 3.23. The number of carbonyl (C=O) groups is 1. The number of nitrogens with zero attached hydrogens (tertiary/aromatic N) is 4. The summed E-state index contributed by atoms with van der Waals surface area (Å²) in [6, 6.07) is 3.87. The molecule has 0 saturated carbocycles. The van der Waals surface area contributed by atoms with Crippen LogP contribution < -0.4 is 10.2 Å². The summed E-state index contributed by atoms with van der Waals surface area (Å²) < 4.78 is 5.30. The number of likely N-dealkylation sites (N-methyl/N-ethyl adjacent to an activating group) is 1. The fourth-order valence-corrected chi connectivity index (χ4v) is 2.54. The van der Waals surface area contributed by atoms with Gasteiger partial charge in [0.25, 0.3) is 0 Å². The lowest BCUT2D eigenvalue weighted by Crippen LogP contribution is -2.40. The Morgan fingerprint density at radius 3 is 3.08 bits per heavy atom. The van der Waals surface area contributed by atoms with Crippen LogP contribution in [-0.2, 0) is 11.2 Å². The van der Waals surface area contributed by atoms with Gasteiger partial charge < -0.3 is 19.6 Å². The van der Waals surface area contributed by atoms with Gasteiger partial charge in [0, 0.05) is 19.5 Å². The van der Waals surface area contributed by atoms with E-state index in [-0.39, 0.29) is 18.5 Å². The second kappa shape index (κ2) is 7.12. The second-order valence-corrected chi connectivity index (χ2v) is 5.74. The molecule has 0 unspecified atom stereocenters. The van der Waals surface area contributed by atoms with E-state index in [0.717, 1.165) is 24.1 Å². The SMILES string of the molecule is C[C@@H](CCc1ccco1)NC(=O)CN(C)c1ncnc2nc[nH]c12. The maximum atomic E-state index is 12.2. The van der Waals surface area contributed by atoms with E-state index in [1.165, 1.54) is 6.33 Å². The minimum Gasteiger partial charge on any atom is -0.469 e. The van der Waals surface area contributed by atoms with Crippen LogP contribution in [0.15, 0.2) is 35.5 Å². The van der Waals surface area contributed by atoms with Crippen LogP contribution in [0.1, 0.15) is 19.1 Å². The minimum absolute atomic E-state index is 0.0595. The predicted molar refractivity (Wildman–Crippen MR) is 89.6 cm³/mol. The van der Waals surface area contributed by atoms with Crippen LogP contribution in [0.25, 0.3) is 11.2 Å². The summed E-state index contributed by atoms with van der Waals surface area (Å²) in [5.41, 5.74) is 1.30. The summed E-state index contributed by atoms with van der Waals surface area (Å²) >= 11 is 0. The topological polar surface area (TPSA) is 99.9 Å². The second-order valence-electron chi connectivity index (χ2n) is 5.74. The zero-order valence-corrected chi connectivity index (χ0v) is 13.7. The molecule has 3 aromatic heterocycles. The van der Waals surface area contributed by atoms with E-state index in [9.17, 15) is 4.79 Å². The van der Waals surface area contributed by atoms with Crippen molar-refractivity contribution in [2.75, 3.05) is 18.5 Å². The molecule has 0 aliphatic carbocycles. The maximum absolute atomic E-state index is 12.2. The summed E-state index contributed by atoms with van der Waals surface area (Å²) in [5, 5.41) is 2.99. The van der Waals surface area contributed by atoms with Crippen LogP contribution in [0.4, 0.5) is 5.82 Å². The summed E-state index contributed by atoms with van der Waals surface area (Å²) in [5.74, 6) is 1.52. The number of fused-ring (bicyclic) bond motifs is 1. The summed E-state index contributed by atoms with van der Waals surface area (Å²) in [7, 11) is 1.82. The molecule has 3 aromatic rings. The third-order valence-corrected chi connectivity index (χ3v) is 3.76. The van der Waals surface area contributed by atoms with Gasteiger partial charge in [0.15, 0.2) is 11.5 Å². The number of carbonyl (C=O) groups excluding carboxylic acids is 1. The number of furan rings is 1. The Kier molecular flexibility index (Phi) is 4.74. The van der Waals surface area contributed by atoms with Crippen molar-refractivity contribution in [3.8, 4) is 0 Å². The quantitative estimate of drug-likeness (QED) is 0.682. The number of hydrogen-bond donors (Lipinski definition) is 2. The number of amides is 1. The lowest BCUT2D eigenvalue weighted by Gasteiger charge is -2.20. The van der Waals surface area contributed by atoms with Gasteiger partial charge in [-0.15, -0.1) is 0 Å². The van der Waals surface area contributed by atoms with E-state index in [2.05, 4.69) is 25.3 Å². The van der Waals surface area contributed by atoms with Crippen molar-refractivity contribution in [3.05, 3.63) is 36.8 Å². The van der Waals surface area contributed by atoms with Crippen molar-refractivity contribution < 1.29 is 9.21 Å². The number of anilines is 1. The summed E-state index contributed by atoms with van der Waals surface area (Å²) in [6.07, 6.45) is 6.28. The van der Waals surface area contributed by atoms with Gasteiger partial charge in [-0.05, 0) is 25.5 Å². The van der Waals surface area contributed by atoms with Gasteiger partial charge in [-0.25, -0.2) is 15.0 Å². The van der Waals surface area contributed by atoms with Gasteiger partial charge in [0.2, 0.25) is 5.91 Å². The number of aromatic nitrogens is 4. The molecule has 1 amide bonds. The molecule has 24 heavy (non-hydrogen) atoms. The van der Waals surface area contributed by atoms with Gasteiger partial charge in [0.1, 0.15) is 17.6 Å². The summed E-state index contributed by atoms with van der Waals surface area (Å²) in [6.45, 7) is 2.19. The zero-order valence-electron chi connectivity index (χ0n) is 13.7. The fraction of sp³-hybridized carbons (Fsp3) is 0.375. The Morgan fingerprint density at radius 2 is 2.29 bits per heavy atom. The number of nitrogens with one attached hydrogen (secondary N) is 2. The lowest BCUT2D eigenvalue weighted by atomic mass is 10.1. The molecule has 2 N–H and O–H groups in total. The number of aryl methyl sites for hydroxylation is 1. The molecule has 3 rings (SSSR count). The van der Waals surface area contributed by atoms with Crippen LogP contribution in [0, 0.1) is 0 Å². The molecule has 3 heterocycles. The van der Waals surface area contributed by atoms with E-state index in [0.29, 0.717) is 11.5 Å². The largest absolute Gasteiger partial charge is 0.469 e. The number of H-pyrrole nitrogens is 1. The van der Waals surface area contributed by atoms with Crippen LogP contribution in [0.3, 0.4) is 0 Å². The number of rotatable bonds is 7. The van der Waals surface area contributed by atoms with Gasteiger partial charge >= 0.3 is 0 Å². The van der Waals surface area contributed by atoms with E-state index in [1.54, 1.807) is 17.5 Å². The molecule has 0 aromatic carbocycles. The Balaban J connectivity index is 1.53. The maximum Gasteiger partial charge on any atom is 0.239 e. The first kappa shape index (κ1) is 16.0. The Labute approximate surface area is 139 Å². The van der Waals surface area contributed by atoms with Crippen molar-refractivity contribution >= 4 is 22.9 Å².